The number of benzene rings is 1. The fraction of sp³-hybridized carbons (Fsp3) is 0.455. The molecule has 0 radical (unpaired) electrons. The topological polar surface area (TPSA) is 66.4 Å². The molecule has 2 N–H and O–H groups in total. The van der Waals surface area contributed by atoms with Gasteiger partial charge in [0.15, 0.2) is 0 Å². The van der Waals surface area contributed by atoms with Crippen molar-refractivity contribution in [1.82, 2.24) is 0 Å². The maximum Gasteiger partial charge on any atom is 0.264 e. The largest absolute Gasteiger partial charge is 0.385 e. The monoisotopic (exact) mass is 243 g/mol. The molecule has 1 aromatic rings. The van der Waals surface area contributed by atoms with E-state index in [1.165, 1.54) is 5.56 Å². The van der Waals surface area contributed by atoms with Crippen LogP contribution in [0.1, 0.15) is 18.4 Å². The maximum atomic E-state index is 10.4. The molecule has 0 fully saturated rings. The van der Waals surface area contributed by atoms with Gasteiger partial charge < -0.3 is 5.32 Å². The maximum absolute atomic E-state index is 10.4. The SMILES string of the molecule is Cc1cccc(NCCCCS(=O)(=O)O)c1. The van der Waals surface area contributed by atoms with E-state index in [4.69, 9.17) is 4.55 Å². The van der Waals surface area contributed by atoms with Gasteiger partial charge in [0.25, 0.3) is 10.1 Å². The van der Waals surface area contributed by atoms with Crippen LogP contribution in [-0.4, -0.2) is 25.3 Å². The molecule has 90 valence electrons. The third kappa shape index (κ3) is 5.72. The van der Waals surface area contributed by atoms with Crippen LogP contribution in [0.4, 0.5) is 5.69 Å². The van der Waals surface area contributed by atoms with Gasteiger partial charge in [-0.25, -0.2) is 0 Å². The highest BCUT2D eigenvalue weighted by Crippen LogP contribution is 2.09. The van der Waals surface area contributed by atoms with Crippen LogP contribution in [0.25, 0.3) is 0 Å². The lowest BCUT2D eigenvalue weighted by atomic mass is 10.2. The van der Waals surface area contributed by atoms with Gasteiger partial charge in [-0.2, -0.15) is 8.42 Å². The smallest absolute Gasteiger partial charge is 0.264 e. The molecule has 0 atom stereocenters. The lowest BCUT2D eigenvalue weighted by Gasteiger charge is -2.06. The van der Waals surface area contributed by atoms with Gasteiger partial charge in [0.1, 0.15) is 0 Å². The number of hydrogen-bond acceptors (Lipinski definition) is 3. The van der Waals surface area contributed by atoms with Gasteiger partial charge in [0, 0.05) is 12.2 Å². The zero-order valence-corrected chi connectivity index (χ0v) is 10.1. The van der Waals surface area contributed by atoms with Crippen LogP contribution in [0.5, 0.6) is 0 Å². The molecule has 0 heterocycles. The van der Waals surface area contributed by atoms with E-state index in [0.29, 0.717) is 19.4 Å². The van der Waals surface area contributed by atoms with Crippen LogP contribution >= 0.6 is 0 Å². The van der Waals surface area contributed by atoms with Crippen molar-refractivity contribution >= 4 is 15.8 Å². The Labute approximate surface area is 96.4 Å². The van der Waals surface area contributed by atoms with Gasteiger partial charge >= 0.3 is 0 Å². The Kier molecular flexibility index (Phi) is 4.76. The highest BCUT2D eigenvalue weighted by Gasteiger charge is 2.02. The third-order valence-electron chi connectivity index (χ3n) is 2.18. The second-order valence-electron chi connectivity index (χ2n) is 3.79. The first-order valence-electron chi connectivity index (χ1n) is 5.23. The normalized spacial score (nSPS) is 11.4. The van der Waals surface area contributed by atoms with Crippen molar-refractivity contribution in [2.24, 2.45) is 0 Å². The van der Waals surface area contributed by atoms with E-state index in [9.17, 15) is 8.42 Å². The summed E-state index contributed by atoms with van der Waals surface area (Å²) in [5.41, 5.74) is 2.22. The zero-order chi connectivity index (χ0) is 12.0. The number of aryl methyl sites for hydroxylation is 1. The van der Waals surface area contributed by atoms with E-state index in [1.54, 1.807) is 0 Å². The van der Waals surface area contributed by atoms with E-state index >= 15 is 0 Å². The van der Waals surface area contributed by atoms with Crippen LogP contribution in [0, 0.1) is 6.92 Å². The van der Waals surface area contributed by atoms with Crippen molar-refractivity contribution in [1.29, 1.82) is 0 Å². The summed E-state index contributed by atoms with van der Waals surface area (Å²) in [7, 11) is -3.80. The molecule has 0 spiro atoms. The Morgan fingerprint density at radius 2 is 2.06 bits per heavy atom. The molecule has 0 bridgehead atoms. The molecule has 0 aliphatic carbocycles. The first kappa shape index (κ1) is 13.0. The van der Waals surface area contributed by atoms with Crippen molar-refractivity contribution in [3.8, 4) is 0 Å². The fourth-order valence-electron chi connectivity index (χ4n) is 1.40. The average Bonchev–Trinajstić information content (AvgIpc) is 2.15. The van der Waals surface area contributed by atoms with Crippen molar-refractivity contribution in [3.05, 3.63) is 29.8 Å². The summed E-state index contributed by atoms with van der Waals surface area (Å²) >= 11 is 0. The molecule has 0 saturated heterocycles. The summed E-state index contributed by atoms with van der Waals surface area (Å²) in [5.74, 6) is -0.164. The molecule has 0 saturated carbocycles. The first-order valence-corrected chi connectivity index (χ1v) is 6.84. The molecule has 4 nitrogen and oxygen atoms in total. The van der Waals surface area contributed by atoms with Crippen LogP contribution in [0.3, 0.4) is 0 Å². The molecule has 0 aromatic heterocycles. The third-order valence-corrected chi connectivity index (χ3v) is 2.98. The number of rotatable bonds is 6. The van der Waals surface area contributed by atoms with Gasteiger partial charge in [0.05, 0.1) is 5.75 Å². The average molecular weight is 243 g/mol. The summed E-state index contributed by atoms with van der Waals surface area (Å²) in [6, 6.07) is 7.98. The standard InChI is InChI=1S/C11H17NO3S/c1-10-5-4-6-11(9-10)12-7-2-3-8-16(13,14)15/h4-6,9,12H,2-3,7-8H2,1H3,(H,13,14,15). The van der Waals surface area contributed by atoms with Gasteiger partial charge in [0.2, 0.25) is 0 Å². The van der Waals surface area contributed by atoms with E-state index < -0.39 is 10.1 Å². The Morgan fingerprint density at radius 3 is 2.69 bits per heavy atom. The molecule has 16 heavy (non-hydrogen) atoms. The molecule has 1 aromatic carbocycles. The van der Waals surface area contributed by atoms with Crippen LogP contribution in [0.15, 0.2) is 24.3 Å². The Bertz CT molecular complexity index is 429. The highest BCUT2D eigenvalue weighted by atomic mass is 32.2. The van der Waals surface area contributed by atoms with Crippen LogP contribution in [0.2, 0.25) is 0 Å². The molecule has 1 rings (SSSR count). The highest BCUT2D eigenvalue weighted by molar-refractivity contribution is 7.85. The second-order valence-corrected chi connectivity index (χ2v) is 5.36. The van der Waals surface area contributed by atoms with Gasteiger partial charge in [-0.3, -0.25) is 4.55 Å². The lowest BCUT2D eigenvalue weighted by molar-refractivity contribution is 0.480. The van der Waals surface area contributed by atoms with E-state index in [-0.39, 0.29) is 5.75 Å². The summed E-state index contributed by atoms with van der Waals surface area (Å²) in [4.78, 5) is 0. The molecular formula is C11H17NO3S. The van der Waals surface area contributed by atoms with Crippen molar-refractivity contribution in [2.45, 2.75) is 19.8 Å². The molecule has 0 amide bonds. The summed E-state index contributed by atoms with van der Waals surface area (Å²) < 4.78 is 29.4. The summed E-state index contributed by atoms with van der Waals surface area (Å²) in [5, 5.41) is 3.20. The Morgan fingerprint density at radius 1 is 1.31 bits per heavy atom. The van der Waals surface area contributed by atoms with E-state index in [1.807, 2.05) is 31.2 Å². The van der Waals surface area contributed by atoms with Crippen molar-refractivity contribution in [2.75, 3.05) is 17.6 Å². The van der Waals surface area contributed by atoms with E-state index in [0.717, 1.165) is 5.69 Å². The van der Waals surface area contributed by atoms with Crippen molar-refractivity contribution in [3.63, 3.8) is 0 Å². The number of anilines is 1. The molecule has 0 aliphatic rings. The number of nitrogens with one attached hydrogen (secondary N) is 1. The molecule has 0 aliphatic heterocycles. The predicted octanol–water partition coefficient (Wildman–Crippen LogP) is 2.07. The van der Waals surface area contributed by atoms with Gasteiger partial charge in [-0.15, -0.1) is 0 Å². The molecule has 5 heteroatoms. The quantitative estimate of drug-likeness (QED) is 0.593. The molecular weight excluding hydrogens is 226 g/mol. The first-order chi connectivity index (χ1) is 7.47. The summed E-state index contributed by atoms with van der Waals surface area (Å²) in [6.45, 7) is 2.72. The van der Waals surface area contributed by atoms with Crippen LogP contribution < -0.4 is 5.32 Å². The van der Waals surface area contributed by atoms with E-state index in [2.05, 4.69) is 5.32 Å². The summed E-state index contributed by atoms with van der Waals surface area (Å²) in [6.07, 6.45) is 1.19. The fourth-order valence-corrected chi connectivity index (χ4v) is 1.97. The molecule has 0 unspecified atom stereocenters. The Hall–Kier alpha value is -1.07. The van der Waals surface area contributed by atoms with Gasteiger partial charge in [-0.1, -0.05) is 12.1 Å². The van der Waals surface area contributed by atoms with Gasteiger partial charge in [-0.05, 0) is 37.5 Å². The lowest BCUT2D eigenvalue weighted by Crippen LogP contribution is -2.07. The minimum atomic E-state index is -3.80. The minimum Gasteiger partial charge on any atom is -0.385 e. The number of hydrogen-bond donors (Lipinski definition) is 2. The van der Waals surface area contributed by atoms with Crippen molar-refractivity contribution < 1.29 is 13.0 Å². The minimum absolute atomic E-state index is 0.164. The number of unbranched alkanes of at least 4 members (excludes halogenated alkanes) is 1. The zero-order valence-electron chi connectivity index (χ0n) is 9.31. The second kappa shape index (κ2) is 5.86. The van der Waals surface area contributed by atoms with Crippen LogP contribution in [-0.2, 0) is 10.1 Å². The Balaban J connectivity index is 2.21. The predicted molar refractivity (Wildman–Crippen MR) is 65.3 cm³/mol.